The van der Waals surface area contributed by atoms with E-state index in [-0.39, 0.29) is 17.8 Å². The molecule has 1 aromatic carbocycles. The molecule has 3 N–H and O–H groups in total. The van der Waals surface area contributed by atoms with Crippen molar-refractivity contribution < 1.29 is 19.8 Å². The van der Waals surface area contributed by atoms with Crippen LogP contribution in [0.1, 0.15) is 17.3 Å². The van der Waals surface area contributed by atoms with Gasteiger partial charge in [0.1, 0.15) is 0 Å². The second-order valence-electron chi connectivity index (χ2n) is 4.01. The Labute approximate surface area is 105 Å². The van der Waals surface area contributed by atoms with Gasteiger partial charge in [-0.1, -0.05) is 12.1 Å². The largest absolute Gasteiger partial charge is 0.478 e. The number of rotatable bonds is 4. The molecule has 0 radical (unpaired) electrons. The predicted molar refractivity (Wildman–Crippen MR) is 66.7 cm³/mol. The molecule has 0 aromatic heterocycles. The van der Waals surface area contributed by atoms with Gasteiger partial charge in [-0.15, -0.1) is 0 Å². The zero-order valence-corrected chi connectivity index (χ0v) is 10.3. The number of nitrogens with one attached hydrogen (secondary N) is 1. The Balaban J connectivity index is 2.79. The van der Waals surface area contributed by atoms with E-state index in [0.29, 0.717) is 0 Å². The molecule has 2 amide bonds. The van der Waals surface area contributed by atoms with Crippen LogP contribution in [0.3, 0.4) is 0 Å². The first kappa shape index (κ1) is 14.0. The van der Waals surface area contributed by atoms with E-state index in [0.717, 1.165) is 0 Å². The van der Waals surface area contributed by atoms with Gasteiger partial charge in [0.25, 0.3) is 0 Å². The van der Waals surface area contributed by atoms with Gasteiger partial charge in [-0.25, -0.2) is 9.59 Å². The molecule has 1 rings (SSSR count). The highest BCUT2D eigenvalue weighted by atomic mass is 16.4. The Morgan fingerprint density at radius 3 is 2.56 bits per heavy atom. The van der Waals surface area contributed by atoms with Crippen LogP contribution in [0.2, 0.25) is 0 Å². The molecule has 0 saturated heterocycles. The highest BCUT2D eigenvalue weighted by Crippen LogP contribution is 2.15. The summed E-state index contributed by atoms with van der Waals surface area (Å²) in [5.41, 5.74) is 0.253. The van der Waals surface area contributed by atoms with E-state index in [2.05, 4.69) is 5.32 Å². The maximum atomic E-state index is 11.7. The molecule has 0 fully saturated rings. The van der Waals surface area contributed by atoms with Crippen LogP contribution in [0, 0.1) is 0 Å². The smallest absolute Gasteiger partial charge is 0.337 e. The van der Waals surface area contributed by atoms with E-state index in [4.69, 9.17) is 10.2 Å². The summed E-state index contributed by atoms with van der Waals surface area (Å²) in [6, 6.07) is 5.67. The average molecular weight is 252 g/mol. The van der Waals surface area contributed by atoms with E-state index in [1.807, 2.05) is 0 Å². The van der Waals surface area contributed by atoms with Gasteiger partial charge in [-0.3, -0.25) is 0 Å². The second-order valence-corrected chi connectivity index (χ2v) is 4.01. The van der Waals surface area contributed by atoms with E-state index in [9.17, 15) is 9.59 Å². The van der Waals surface area contributed by atoms with Gasteiger partial charge >= 0.3 is 12.0 Å². The Kier molecular flexibility index (Phi) is 4.67. The van der Waals surface area contributed by atoms with Crippen molar-refractivity contribution >= 4 is 17.7 Å². The predicted octanol–water partition coefficient (Wildman–Crippen LogP) is 1.23. The topological polar surface area (TPSA) is 89.9 Å². The fourth-order valence-electron chi connectivity index (χ4n) is 1.47. The molecule has 0 bridgehead atoms. The van der Waals surface area contributed by atoms with Crippen LogP contribution in [-0.4, -0.2) is 46.8 Å². The Bertz CT molecular complexity index is 445. The zero-order valence-electron chi connectivity index (χ0n) is 10.3. The molecule has 18 heavy (non-hydrogen) atoms. The van der Waals surface area contributed by atoms with Gasteiger partial charge in [0, 0.05) is 13.6 Å². The molecule has 6 nitrogen and oxygen atoms in total. The average Bonchev–Trinajstić information content (AvgIpc) is 2.28. The highest BCUT2D eigenvalue weighted by Gasteiger charge is 2.15. The van der Waals surface area contributed by atoms with Crippen LogP contribution >= 0.6 is 0 Å². The van der Waals surface area contributed by atoms with Crippen LogP contribution in [0.15, 0.2) is 24.3 Å². The minimum Gasteiger partial charge on any atom is -0.478 e. The summed E-state index contributed by atoms with van der Waals surface area (Å²) < 4.78 is 0. The molecule has 98 valence electrons. The molecule has 0 aliphatic rings. The van der Waals surface area contributed by atoms with Crippen molar-refractivity contribution in [1.82, 2.24) is 4.90 Å². The Hall–Kier alpha value is -2.08. The molecule has 1 atom stereocenters. The number of anilines is 1. The third-order valence-corrected chi connectivity index (χ3v) is 2.28. The molecule has 0 aliphatic heterocycles. The lowest BCUT2D eigenvalue weighted by Crippen LogP contribution is -2.36. The maximum absolute atomic E-state index is 11.7. The van der Waals surface area contributed by atoms with Gasteiger partial charge < -0.3 is 20.4 Å². The monoisotopic (exact) mass is 252 g/mol. The lowest BCUT2D eigenvalue weighted by molar-refractivity contribution is 0.0698. The number of carbonyl (C=O) groups is 2. The quantitative estimate of drug-likeness (QED) is 0.751. The van der Waals surface area contributed by atoms with Crippen LogP contribution in [0.5, 0.6) is 0 Å². The summed E-state index contributed by atoms with van der Waals surface area (Å²) in [5.74, 6) is -1.11. The van der Waals surface area contributed by atoms with E-state index < -0.39 is 18.1 Å². The molecule has 1 aromatic rings. The normalized spacial score (nSPS) is 11.7. The minimum atomic E-state index is -1.11. The van der Waals surface area contributed by atoms with Crippen molar-refractivity contribution in [3.05, 3.63) is 29.8 Å². The van der Waals surface area contributed by atoms with Crippen molar-refractivity contribution in [3.63, 3.8) is 0 Å². The SMILES string of the molecule is CC(O)CN(C)C(=O)Nc1ccccc1C(=O)O. The number of aromatic carboxylic acids is 1. The molecule has 0 saturated carbocycles. The molecule has 6 heteroatoms. The maximum Gasteiger partial charge on any atom is 0.337 e. The lowest BCUT2D eigenvalue weighted by Gasteiger charge is -2.19. The van der Waals surface area contributed by atoms with Crippen LogP contribution in [0.4, 0.5) is 10.5 Å². The summed E-state index contributed by atoms with van der Waals surface area (Å²) in [6.07, 6.45) is -0.643. The number of urea groups is 1. The third-order valence-electron chi connectivity index (χ3n) is 2.28. The van der Waals surface area contributed by atoms with Crippen molar-refractivity contribution in [2.45, 2.75) is 13.0 Å². The molecule has 0 heterocycles. The number of benzene rings is 1. The zero-order chi connectivity index (χ0) is 13.7. The number of para-hydroxylation sites is 1. The van der Waals surface area contributed by atoms with Crippen molar-refractivity contribution in [2.24, 2.45) is 0 Å². The summed E-state index contributed by atoms with van der Waals surface area (Å²) in [5, 5.41) is 20.6. The standard InChI is InChI=1S/C12H16N2O4/c1-8(15)7-14(2)12(18)13-10-6-4-3-5-9(10)11(16)17/h3-6,8,15H,7H2,1-2H3,(H,13,18)(H,16,17). The third kappa shape index (κ3) is 3.74. The van der Waals surface area contributed by atoms with E-state index in [1.54, 1.807) is 19.1 Å². The number of hydrogen-bond acceptors (Lipinski definition) is 3. The number of nitrogens with zero attached hydrogens (tertiary/aromatic N) is 1. The number of hydrogen-bond donors (Lipinski definition) is 3. The van der Waals surface area contributed by atoms with Gasteiger partial charge in [-0.2, -0.15) is 0 Å². The van der Waals surface area contributed by atoms with E-state index >= 15 is 0 Å². The number of carboxylic acids is 1. The number of aliphatic hydroxyl groups excluding tert-OH is 1. The first-order valence-electron chi connectivity index (χ1n) is 5.44. The second kappa shape index (κ2) is 6.02. The van der Waals surface area contributed by atoms with Crippen molar-refractivity contribution in [1.29, 1.82) is 0 Å². The first-order chi connectivity index (χ1) is 8.41. The number of amides is 2. The molecule has 1 unspecified atom stereocenters. The van der Waals surface area contributed by atoms with Gasteiger partial charge in [0.15, 0.2) is 0 Å². The van der Waals surface area contributed by atoms with Gasteiger partial charge in [0.05, 0.1) is 17.4 Å². The molecular formula is C12H16N2O4. The Morgan fingerprint density at radius 1 is 1.39 bits per heavy atom. The molecule has 0 aliphatic carbocycles. The van der Waals surface area contributed by atoms with Crippen LogP contribution in [-0.2, 0) is 0 Å². The fraction of sp³-hybridized carbons (Fsp3) is 0.333. The van der Waals surface area contributed by atoms with Crippen LogP contribution in [0.25, 0.3) is 0 Å². The first-order valence-corrected chi connectivity index (χ1v) is 5.44. The van der Waals surface area contributed by atoms with Crippen molar-refractivity contribution in [2.75, 3.05) is 18.9 Å². The number of aliphatic hydroxyl groups is 1. The van der Waals surface area contributed by atoms with Gasteiger partial charge in [-0.05, 0) is 19.1 Å². The number of likely N-dealkylation sites (N-methyl/N-ethyl adjacent to an activating group) is 1. The van der Waals surface area contributed by atoms with E-state index in [1.165, 1.54) is 24.1 Å². The summed E-state index contributed by atoms with van der Waals surface area (Å²) in [7, 11) is 1.52. The number of carbonyl (C=O) groups excluding carboxylic acids is 1. The van der Waals surface area contributed by atoms with Gasteiger partial charge in [0.2, 0.25) is 0 Å². The molecule has 0 spiro atoms. The fourth-order valence-corrected chi connectivity index (χ4v) is 1.47. The highest BCUT2D eigenvalue weighted by molar-refractivity contribution is 5.99. The Morgan fingerprint density at radius 2 is 2.00 bits per heavy atom. The summed E-state index contributed by atoms with van der Waals surface area (Å²) >= 11 is 0. The summed E-state index contributed by atoms with van der Waals surface area (Å²) in [6.45, 7) is 1.73. The van der Waals surface area contributed by atoms with Crippen LogP contribution < -0.4 is 5.32 Å². The minimum absolute atomic E-state index is 0.0243. The van der Waals surface area contributed by atoms with Crippen molar-refractivity contribution in [3.8, 4) is 0 Å². The number of carboxylic acid groups (broad SMARTS) is 1. The molecular weight excluding hydrogens is 236 g/mol. The lowest BCUT2D eigenvalue weighted by atomic mass is 10.2. The summed E-state index contributed by atoms with van der Waals surface area (Å²) in [4.78, 5) is 24.0.